The number of rotatable bonds is 1. The van der Waals surface area contributed by atoms with E-state index in [0.717, 1.165) is 6.42 Å². The van der Waals surface area contributed by atoms with Gasteiger partial charge in [0.2, 0.25) is 6.08 Å². The SMILES string of the molecule is CC1(N=C=O)CCOC1. The van der Waals surface area contributed by atoms with E-state index < -0.39 is 0 Å². The van der Waals surface area contributed by atoms with Crippen molar-refractivity contribution in [3.63, 3.8) is 0 Å². The third-order valence-corrected chi connectivity index (χ3v) is 1.51. The number of hydrogen-bond acceptors (Lipinski definition) is 3. The normalized spacial score (nSPS) is 33.9. The molecule has 0 aromatic heterocycles. The van der Waals surface area contributed by atoms with E-state index in [1.54, 1.807) is 6.08 Å². The first-order valence-electron chi connectivity index (χ1n) is 2.94. The first-order chi connectivity index (χ1) is 4.27. The van der Waals surface area contributed by atoms with Crippen LogP contribution in [-0.2, 0) is 9.53 Å². The number of hydrogen-bond donors (Lipinski definition) is 0. The maximum Gasteiger partial charge on any atom is 0.235 e. The summed E-state index contributed by atoms with van der Waals surface area (Å²) in [5, 5.41) is 0. The molecule has 9 heavy (non-hydrogen) atoms. The van der Waals surface area contributed by atoms with Crippen LogP contribution in [0.5, 0.6) is 0 Å². The number of aliphatic imine (C=N–C) groups is 1. The van der Waals surface area contributed by atoms with E-state index in [4.69, 9.17) is 4.74 Å². The molecule has 0 amide bonds. The van der Waals surface area contributed by atoms with Crippen LogP contribution in [0.2, 0.25) is 0 Å². The van der Waals surface area contributed by atoms with Crippen molar-refractivity contribution in [2.75, 3.05) is 13.2 Å². The van der Waals surface area contributed by atoms with Crippen LogP contribution in [0.1, 0.15) is 13.3 Å². The van der Waals surface area contributed by atoms with Crippen molar-refractivity contribution in [3.05, 3.63) is 0 Å². The molecule has 3 nitrogen and oxygen atoms in total. The highest BCUT2D eigenvalue weighted by Crippen LogP contribution is 2.20. The number of carbonyl (C=O) groups excluding carboxylic acids is 1. The molecular weight excluding hydrogens is 118 g/mol. The maximum absolute atomic E-state index is 9.82. The van der Waals surface area contributed by atoms with E-state index in [0.29, 0.717) is 13.2 Å². The Hall–Kier alpha value is -0.660. The molecule has 1 saturated heterocycles. The van der Waals surface area contributed by atoms with Crippen LogP contribution in [0, 0.1) is 0 Å². The van der Waals surface area contributed by atoms with Gasteiger partial charge < -0.3 is 4.74 Å². The summed E-state index contributed by atoms with van der Waals surface area (Å²) in [6.07, 6.45) is 2.38. The molecule has 1 atom stereocenters. The third kappa shape index (κ3) is 1.37. The van der Waals surface area contributed by atoms with Gasteiger partial charge in [-0.25, -0.2) is 4.79 Å². The molecule has 50 valence electrons. The molecule has 0 saturated carbocycles. The minimum Gasteiger partial charge on any atom is -0.379 e. The molecule has 1 heterocycles. The Labute approximate surface area is 53.7 Å². The zero-order chi connectivity index (χ0) is 6.74. The van der Waals surface area contributed by atoms with E-state index in [2.05, 4.69) is 4.99 Å². The molecule has 1 fully saturated rings. The quantitative estimate of drug-likeness (QED) is 0.380. The summed E-state index contributed by atoms with van der Waals surface area (Å²) in [7, 11) is 0. The van der Waals surface area contributed by atoms with Crippen LogP contribution >= 0.6 is 0 Å². The monoisotopic (exact) mass is 127 g/mol. The summed E-state index contributed by atoms with van der Waals surface area (Å²) in [5.74, 6) is 0. The van der Waals surface area contributed by atoms with Crippen molar-refractivity contribution in [1.82, 2.24) is 0 Å². The van der Waals surface area contributed by atoms with Crippen molar-refractivity contribution >= 4 is 6.08 Å². The molecule has 0 aliphatic carbocycles. The zero-order valence-electron chi connectivity index (χ0n) is 5.39. The molecule has 0 radical (unpaired) electrons. The van der Waals surface area contributed by atoms with Gasteiger partial charge in [0.15, 0.2) is 0 Å². The Morgan fingerprint density at radius 3 is 3.00 bits per heavy atom. The number of isocyanates is 1. The van der Waals surface area contributed by atoms with E-state index in [1.807, 2.05) is 6.92 Å². The van der Waals surface area contributed by atoms with E-state index >= 15 is 0 Å². The average Bonchev–Trinajstić information content (AvgIpc) is 2.16. The van der Waals surface area contributed by atoms with E-state index in [9.17, 15) is 4.79 Å². The highest BCUT2D eigenvalue weighted by Gasteiger charge is 2.28. The maximum atomic E-state index is 9.82. The van der Waals surface area contributed by atoms with Gasteiger partial charge in [-0.2, -0.15) is 4.99 Å². The fourth-order valence-corrected chi connectivity index (χ4v) is 0.855. The Morgan fingerprint density at radius 2 is 2.56 bits per heavy atom. The molecule has 0 N–H and O–H groups in total. The van der Waals surface area contributed by atoms with Crippen molar-refractivity contribution < 1.29 is 9.53 Å². The van der Waals surface area contributed by atoms with Gasteiger partial charge in [0.05, 0.1) is 12.1 Å². The van der Waals surface area contributed by atoms with Gasteiger partial charge in [0, 0.05) is 6.61 Å². The predicted octanol–water partition coefficient (Wildman–Crippen LogP) is 0.501. The Balaban J connectivity index is 2.61. The van der Waals surface area contributed by atoms with E-state index in [1.165, 1.54) is 0 Å². The fourth-order valence-electron chi connectivity index (χ4n) is 0.855. The van der Waals surface area contributed by atoms with Gasteiger partial charge in [0.25, 0.3) is 0 Å². The lowest BCUT2D eigenvalue weighted by Gasteiger charge is -2.10. The van der Waals surface area contributed by atoms with Gasteiger partial charge in [0.1, 0.15) is 0 Å². The lowest BCUT2D eigenvalue weighted by molar-refractivity contribution is 0.182. The van der Waals surface area contributed by atoms with Crippen LogP contribution < -0.4 is 0 Å². The molecule has 0 bridgehead atoms. The number of nitrogens with zero attached hydrogens (tertiary/aromatic N) is 1. The largest absolute Gasteiger partial charge is 0.379 e. The second-order valence-corrected chi connectivity index (χ2v) is 2.50. The minimum atomic E-state index is -0.276. The Kier molecular flexibility index (Phi) is 1.65. The van der Waals surface area contributed by atoms with Gasteiger partial charge in [-0.05, 0) is 13.3 Å². The van der Waals surface area contributed by atoms with Gasteiger partial charge in [-0.3, -0.25) is 0 Å². The van der Waals surface area contributed by atoms with Crippen molar-refractivity contribution in [1.29, 1.82) is 0 Å². The highest BCUT2D eigenvalue weighted by atomic mass is 16.5. The van der Waals surface area contributed by atoms with Gasteiger partial charge >= 0.3 is 0 Å². The third-order valence-electron chi connectivity index (χ3n) is 1.51. The van der Waals surface area contributed by atoms with Crippen molar-refractivity contribution in [2.24, 2.45) is 4.99 Å². The minimum absolute atomic E-state index is 0.276. The van der Waals surface area contributed by atoms with E-state index in [-0.39, 0.29) is 5.54 Å². The van der Waals surface area contributed by atoms with Crippen molar-refractivity contribution in [2.45, 2.75) is 18.9 Å². The Morgan fingerprint density at radius 1 is 1.78 bits per heavy atom. The molecule has 0 aromatic rings. The van der Waals surface area contributed by atoms with Crippen LogP contribution in [-0.4, -0.2) is 24.8 Å². The summed E-state index contributed by atoms with van der Waals surface area (Å²) >= 11 is 0. The van der Waals surface area contributed by atoms with Crippen LogP contribution in [0.15, 0.2) is 4.99 Å². The molecule has 0 aromatic carbocycles. The summed E-state index contributed by atoms with van der Waals surface area (Å²) in [5.41, 5.74) is -0.276. The van der Waals surface area contributed by atoms with Crippen LogP contribution in [0.25, 0.3) is 0 Å². The van der Waals surface area contributed by atoms with Crippen LogP contribution in [0.4, 0.5) is 0 Å². The standard InChI is InChI=1S/C6H9NO2/c1-6(7-5-8)2-3-9-4-6/h2-4H2,1H3. The molecule has 1 aliphatic heterocycles. The summed E-state index contributed by atoms with van der Waals surface area (Å²) in [4.78, 5) is 13.4. The first-order valence-corrected chi connectivity index (χ1v) is 2.94. The van der Waals surface area contributed by atoms with Crippen molar-refractivity contribution in [3.8, 4) is 0 Å². The van der Waals surface area contributed by atoms with Gasteiger partial charge in [-0.1, -0.05) is 0 Å². The summed E-state index contributed by atoms with van der Waals surface area (Å²) < 4.78 is 5.04. The molecule has 1 aliphatic rings. The summed E-state index contributed by atoms with van der Waals surface area (Å²) in [6, 6.07) is 0. The second kappa shape index (κ2) is 2.29. The smallest absolute Gasteiger partial charge is 0.235 e. The molecular formula is C6H9NO2. The molecule has 1 unspecified atom stereocenters. The highest BCUT2D eigenvalue weighted by molar-refractivity contribution is 5.34. The first kappa shape index (κ1) is 6.46. The number of ether oxygens (including phenoxy) is 1. The average molecular weight is 127 g/mol. The molecule has 1 rings (SSSR count). The van der Waals surface area contributed by atoms with Crippen LogP contribution in [0.3, 0.4) is 0 Å². The van der Waals surface area contributed by atoms with Gasteiger partial charge in [-0.15, -0.1) is 0 Å². The predicted molar refractivity (Wildman–Crippen MR) is 32.0 cm³/mol. The lowest BCUT2D eigenvalue weighted by atomic mass is 10.0. The topological polar surface area (TPSA) is 38.7 Å². The molecule has 3 heteroatoms. The summed E-state index contributed by atoms with van der Waals surface area (Å²) in [6.45, 7) is 3.16. The second-order valence-electron chi connectivity index (χ2n) is 2.50. The lowest BCUT2D eigenvalue weighted by Crippen LogP contribution is -2.20. The fraction of sp³-hybridized carbons (Fsp3) is 0.833. The molecule has 0 spiro atoms. The Bertz CT molecular complexity index is 143. The zero-order valence-corrected chi connectivity index (χ0v) is 5.39.